The van der Waals surface area contributed by atoms with Crippen molar-refractivity contribution in [2.75, 3.05) is 13.1 Å². The molecule has 0 aromatic heterocycles. The van der Waals surface area contributed by atoms with E-state index in [1.165, 1.54) is 12.1 Å². The highest BCUT2D eigenvalue weighted by atomic mass is 19.1. The summed E-state index contributed by atoms with van der Waals surface area (Å²) in [5.41, 5.74) is 1.31. The van der Waals surface area contributed by atoms with Gasteiger partial charge in [0.15, 0.2) is 11.6 Å². The molecular weight excluding hydrogens is 329 g/mol. The summed E-state index contributed by atoms with van der Waals surface area (Å²) < 4.78 is 13.0. The Balaban J connectivity index is 1.62. The zero-order valence-corrected chi connectivity index (χ0v) is 15.0. The van der Waals surface area contributed by atoms with Gasteiger partial charge < -0.3 is 0 Å². The molecule has 3 nitrogen and oxygen atoms in total. The maximum Gasteiger partial charge on any atom is 0.179 e. The summed E-state index contributed by atoms with van der Waals surface area (Å²) in [7, 11) is 0. The van der Waals surface area contributed by atoms with Crippen molar-refractivity contribution in [2.45, 2.75) is 32.2 Å². The topological polar surface area (TPSA) is 37.4 Å². The summed E-state index contributed by atoms with van der Waals surface area (Å²) in [4.78, 5) is 27.6. The number of nitrogens with zero attached hydrogens (tertiary/aromatic N) is 1. The molecule has 4 heteroatoms. The number of hydrogen-bond donors (Lipinski definition) is 0. The third-order valence-corrected chi connectivity index (χ3v) is 5.22. The van der Waals surface area contributed by atoms with Crippen LogP contribution in [0.5, 0.6) is 0 Å². The minimum absolute atomic E-state index is 0.0546. The minimum atomic E-state index is -0.332. The molecule has 0 N–H and O–H groups in total. The molecule has 2 aromatic rings. The summed E-state index contributed by atoms with van der Waals surface area (Å²) in [5.74, 6) is -0.161. The average molecular weight is 353 g/mol. The second-order valence-corrected chi connectivity index (χ2v) is 6.84. The van der Waals surface area contributed by atoms with Gasteiger partial charge in [-0.2, -0.15) is 0 Å². The van der Waals surface area contributed by atoms with Gasteiger partial charge in [-0.3, -0.25) is 14.5 Å². The van der Waals surface area contributed by atoms with Crippen molar-refractivity contribution < 1.29 is 14.0 Å². The van der Waals surface area contributed by atoms with Crippen LogP contribution in [0.4, 0.5) is 4.39 Å². The quantitative estimate of drug-likeness (QED) is 0.723. The van der Waals surface area contributed by atoms with E-state index in [4.69, 9.17) is 0 Å². The molecule has 3 rings (SSSR count). The number of hydrogen-bond acceptors (Lipinski definition) is 3. The highest BCUT2D eigenvalue weighted by molar-refractivity contribution is 6.00. The molecule has 0 amide bonds. The van der Waals surface area contributed by atoms with Gasteiger partial charge in [0, 0.05) is 17.0 Å². The van der Waals surface area contributed by atoms with Gasteiger partial charge in [0.05, 0.1) is 6.04 Å². The van der Waals surface area contributed by atoms with E-state index in [2.05, 4.69) is 4.90 Å². The molecule has 0 aliphatic carbocycles. The molecular formula is C22H24FNO2. The van der Waals surface area contributed by atoms with Crippen LogP contribution in [-0.4, -0.2) is 35.6 Å². The molecule has 1 unspecified atom stereocenters. The molecule has 1 heterocycles. The molecule has 26 heavy (non-hydrogen) atoms. The highest BCUT2D eigenvalue weighted by Crippen LogP contribution is 2.25. The molecule has 0 radical (unpaired) electrons. The van der Waals surface area contributed by atoms with Crippen molar-refractivity contribution in [3.63, 3.8) is 0 Å². The van der Waals surface area contributed by atoms with E-state index in [0.717, 1.165) is 37.9 Å². The third-order valence-electron chi connectivity index (χ3n) is 5.22. The van der Waals surface area contributed by atoms with Crippen molar-refractivity contribution >= 4 is 11.6 Å². The first-order chi connectivity index (χ1) is 12.6. The Morgan fingerprint density at radius 2 is 1.62 bits per heavy atom. The SMILES string of the molecule is CCC(C(=O)c1ccccc1)N1CCC(C(=O)c2ccc(F)cc2)CC1. The van der Waals surface area contributed by atoms with E-state index >= 15 is 0 Å². The maximum absolute atomic E-state index is 13.0. The second kappa shape index (κ2) is 8.37. The molecule has 1 fully saturated rings. The van der Waals surface area contributed by atoms with Crippen molar-refractivity contribution in [1.82, 2.24) is 4.90 Å². The van der Waals surface area contributed by atoms with E-state index in [1.54, 1.807) is 12.1 Å². The van der Waals surface area contributed by atoms with Gasteiger partial charge in [-0.15, -0.1) is 0 Å². The monoisotopic (exact) mass is 353 g/mol. The number of halogens is 1. The van der Waals surface area contributed by atoms with E-state index in [-0.39, 0.29) is 29.3 Å². The number of carbonyl (C=O) groups is 2. The highest BCUT2D eigenvalue weighted by Gasteiger charge is 2.31. The van der Waals surface area contributed by atoms with Crippen LogP contribution in [-0.2, 0) is 0 Å². The Labute approximate surface area is 153 Å². The Hall–Kier alpha value is -2.33. The normalized spacial score (nSPS) is 17.0. The fourth-order valence-electron chi connectivity index (χ4n) is 3.73. The van der Waals surface area contributed by atoms with E-state index in [9.17, 15) is 14.0 Å². The van der Waals surface area contributed by atoms with Crippen molar-refractivity contribution in [3.05, 3.63) is 71.5 Å². The van der Waals surface area contributed by atoms with Gasteiger partial charge in [0.2, 0.25) is 0 Å². The van der Waals surface area contributed by atoms with Crippen LogP contribution < -0.4 is 0 Å². The van der Waals surface area contributed by atoms with Crippen LogP contribution >= 0.6 is 0 Å². The van der Waals surface area contributed by atoms with Gasteiger partial charge in [-0.25, -0.2) is 4.39 Å². The van der Waals surface area contributed by atoms with E-state index in [1.807, 2.05) is 37.3 Å². The van der Waals surface area contributed by atoms with Crippen LogP contribution in [0.3, 0.4) is 0 Å². The summed E-state index contributed by atoms with van der Waals surface area (Å²) in [5, 5.41) is 0. The zero-order chi connectivity index (χ0) is 18.5. The van der Waals surface area contributed by atoms with Crippen LogP contribution in [0, 0.1) is 11.7 Å². The lowest BCUT2D eigenvalue weighted by Gasteiger charge is -2.36. The van der Waals surface area contributed by atoms with Crippen molar-refractivity contribution in [1.29, 1.82) is 0 Å². The minimum Gasteiger partial charge on any atom is -0.294 e. The van der Waals surface area contributed by atoms with Gasteiger partial charge in [-0.05, 0) is 56.6 Å². The lowest BCUT2D eigenvalue weighted by atomic mass is 9.87. The second-order valence-electron chi connectivity index (χ2n) is 6.84. The molecule has 0 bridgehead atoms. The number of benzene rings is 2. The van der Waals surface area contributed by atoms with Crippen molar-refractivity contribution in [2.24, 2.45) is 5.92 Å². The molecule has 1 aliphatic rings. The predicted molar refractivity (Wildman–Crippen MR) is 99.9 cm³/mol. The number of likely N-dealkylation sites (tertiary alicyclic amines) is 1. The lowest BCUT2D eigenvalue weighted by molar-refractivity contribution is 0.0684. The Kier molecular flexibility index (Phi) is 5.94. The first-order valence-corrected chi connectivity index (χ1v) is 9.23. The number of ketones is 2. The smallest absolute Gasteiger partial charge is 0.179 e. The third kappa shape index (κ3) is 4.07. The van der Waals surface area contributed by atoms with Gasteiger partial charge >= 0.3 is 0 Å². The number of rotatable bonds is 6. The first-order valence-electron chi connectivity index (χ1n) is 9.23. The fourth-order valence-corrected chi connectivity index (χ4v) is 3.73. The van der Waals surface area contributed by atoms with Gasteiger partial charge in [0.1, 0.15) is 5.82 Å². The maximum atomic E-state index is 13.0. The Morgan fingerprint density at radius 3 is 2.19 bits per heavy atom. The summed E-state index contributed by atoms with van der Waals surface area (Å²) in [6.07, 6.45) is 2.22. The van der Waals surface area contributed by atoms with Crippen LogP contribution in [0.2, 0.25) is 0 Å². The van der Waals surface area contributed by atoms with Crippen LogP contribution in [0.25, 0.3) is 0 Å². The number of Topliss-reactive ketones (excluding diaryl/α,β-unsaturated/α-hetero) is 2. The van der Waals surface area contributed by atoms with Crippen LogP contribution in [0.15, 0.2) is 54.6 Å². The van der Waals surface area contributed by atoms with E-state index < -0.39 is 0 Å². The largest absolute Gasteiger partial charge is 0.294 e. The number of carbonyl (C=O) groups excluding carboxylic acids is 2. The zero-order valence-electron chi connectivity index (χ0n) is 15.0. The molecule has 136 valence electrons. The molecule has 0 saturated carbocycles. The fraction of sp³-hybridized carbons (Fsp3) is 0.364. The number of piperidine rings is 1. The first kappa shape index (κ1) is 18.5. The standard InChI is InChI=1S/C22H24FNO2/c1-2-20(22(26)16-6-4-3-5-7-16)24-14-12-18(13-15-24)21(25)17-8-10-19(23)11-9-17/h3-11,18,20H,2,12-15H2,1H3. The van der Waals surface area contributed by atoms with E-state index in [0.29, 0.717) is 5.56 Å². The van der Waals surface area contributed by atoms with Crippen LogP contribution in [0.1, 0.15) is 46.9 Å². The molecule has 1 aliphatic heterocycles. The lowest BCUT2D eigenvalue weighted by Crippen LogP contribution is -2.46. The average Bonchev–Trinajstić information content (AvgIpc) is 2.70. The molecule has 1 saturated heterocycles. The summed E-state index contributed by atoms with van der Waals surface area (Å²) in [6.45, 7) is 3.49. The molecule has 2 aromatic carbocycles. The molecule has 0 spiro atoms. The Morgan fingerprint density at radius 1 is 1.00 bits per heavy atom. The van der Waals surface area contributed by atoms with Gasteiger partial charge in [-0.1, -0.05) is 37.3 Å². The predicted octanol–water partition coefficient (Wildman–Crippen LogP) is 4.38. The van der Waals surface area contributed by atoms with Gasteiger partial charge in [0.25, 0.3) is 0 Å². The summed E-state index contributed by atoms with van der Waals surface area (Å²) >= 11 is 0. The summed E-state index contributed by atoms with van der Waals surface area (Å²) in [6, 6.07) is 15.0. The molecule has 1 atom stereocenters. The van der Waals surface area contributed by atoms with Crippen molar-refractivity contribution in [3.8, 4) is 0 Å². The Bertz CT molecular complexity index is 749.